The first-order valence-corrected chi connectivity index (χ1v) is 10.3. The Labute approximate surface area is 163 Å². The lowest BCUT2D eigenvalue weighted by atomic mass is 10.2. The normalized spacial score (nSPS) is 18.3. The van der Waals surface area contributed by atoms with Crippen LogP contribution in [-0.4, -0.2) is 47.2 Å². The number of hydrogen-bond donors (Lipinski definition) is 1. The predicted molar refractivity (Wildman–Crippen MR) is 106 cm³/mol. The summed E-state index contributed by atoms with van der Waals surface area (Å²) in [6, 6.07) is 7.77. The summed E-state index contributed by atoms with van der Waals surface area (Å²) in [5.74, 6) is 2.13. The van der Waals surface area contributed by atoms with Crippen molar-refractivity contribution in [2.75, 3.05) is 20.1 Å². The molecule has 1 amide bonds. The Balaban J connectivity index is 1.55. The smallest absolute Gasteiger partial charge is 0.235 e. The van der Waals surface area contributed by atoms with Gasteiger partial charge < -0.3 is 14.6 Å². The Bertz CT molecular complexity index is 735. The highest BCUT2D eigenvalue weighted by atomic mass is 35.5. The number of aromatic nitrogens is 1. The molecular weight excluding hydrogens is 370 g/mol. The molecule has 26 heavy (non-hydrogen) atoms. The van der Waals surface area contributed by atoms with Crippen LogP contribution in [0.1, 0.15) is 25.7 Å². The van der Waals surface area contributed by atoms with Crippen LogP contribution in [0.2, 0.25) is 5.02 Å². The molecule has 1 aliphatic heterocycles. The fourth-order valence-electron chi connectivity index (χ4n) is 3.20. The van der Waals surface area contributed by atoms with Crippen LogP contribution in [0.3, 0.4) is 0 Å². The number of halogens is 1. The summed E-state index contributed by atoms with van der Waals surface area (Å²) in [6.07, 6.45) is 3.88. The van der Waals surface area contributed by atoms with Crippen LogP contribution in [0, 0.1) is 0 Å². The zero-order valence-corrected chi connectivity index (χ0v) is 16.6. The maximum atomic E-state index is 12.7. The Morgan fingerprint density at radius 3 is 2.96 bits per heavy atom. The van der Waals surface area contributed by atoms with Crippen molar-refractivity contribution in [2.45, 2.75) is 36.8 Å². The summed E-state index contributed by atoms with van der Waals surface area (Å²) < 4.78 is 5.81. The summed E-state index contributed by atoms with van der Waals surface area (Å²) in [7, 11) is 1.93. The monoisotopic (exact) mass is 393 g/mol. The summed E-state index contributed by atoms with van der Waals surface area (Å²) in [6.45, 7) is 3.67. The number of nitrogens with zero attached hydrogens (tertiary/aromatic N) is 2. The van der Waals surface area contributed by atoms with E-state index in [0.29, 0.717) is 28.5 Å². The van der Waals surface area contributed by atoms with Crippen molar-refractivity contribution in [1.82, 2.24) is 15.2 Å². The second kappa shape index (κ2) is 8.93. The van der Waals surface area contributed by atoms with Gasteiger partial charge in [0.2, 0.25) is 11.8 Å². The number of thioether (sulfide) groups is 1. The quantitative estimate of drug-likeness (QED) is 0.774. The van der Waals surface area contributed by atoms with Crippen molar-refractivity contribution in [3.63, 3.8) is 0 Å². The van der Waals surface area contributed by atoms with E-state index in [1.807, 2.05) is 43.1 Å². The van der Waals surface area contributed by atoms with Crippen LogP contribution in [0.15, 0.2) is 34.9 Å². The Morgan fingerprint density at radius 1 is 1.46 bits per heavy atom. The molecule has 0 spiro atoms. The van der Waals surface area contributed by atoms with Crippen molar-refractivity contribution in [2.24, 2.45) is 0 Å². The van der Waals surface area contributed by atoms with E-state index in [9.17, 15) is 4.79 Å². The van der Waals surface area contributed by atoms with Crippen LogP contribution in [0.4, 0.5) is 0 Å². The van der Waals surface area contributed by atoms with Gasteiger partial charge in [-0.1, -0.05) is 11.6 Å². The van der Waals surface area contributed by atoms with Gasteiger partial charge in [-0.05, 0) is 51.1 Å². The Hall–Kier alpha value is -1.50. The van der Waals surface area contributed by atoms with E-state index in [4.69, 9.17) is 16.0 Å². The standard InChI is InChI=1S/C19H24ClN3O2S/c1-13(19(24)23-9-3-4-16(23)10-21-2)26-12-18-22-11-17(25-18)14-5-7-15(20)8-6-14/h5-8,11,13,16,21H,3-4,9-10,12H2,1-2H3. The highest BCUT2D eigenvalue weighted by molar-refractivity contribution is 7.99. The van der Waals surface area contributed by atoms with E-state index in [2.05, 4.69) is 10.3 Å². The van der Waals surface area contributed by atoms with E-state index >= 15 is 0 Å². The average molecular weight is 394 g/mol. The van der Waals surface area contributed by atoms with Crippen molar-refractivity contribution in [1.29, 1.82) is 0 Å². The molecule has 3 rings (SSSR count). The second-order valence-electron chi connectivity index (χ2n) is 6.46. The molecule has 140 valence electrons. The molecule has 1 N–H and O–H groups in total. The minimum atomic E-state index is -0.113. The number of carbonyl (C=O) groups excluding carboxylic acids is 1. The molecule has 1 aromatic carbocycles. The number of oxazole rings is 1. The maximum Gasteiger partial charge on any atom is 0.235 e. The zero-order chi connectivity index (χ0) is 18.5. The fraction of sp³-hybridized carbons (Fsp3) is 0.474. The Morgan fingerprint density at radius 2 is 2.23 bits per heavy atom. The molecule has 1 aliphatic rings. The number of amides is 1. The van der Waals surface area contributed by atoms with Crippen LogP contribution in [-0.2, 0) is 10.5 Å². The number of hydrogen-bond acceptors (Lipinski definition) is 5. The zero-order valence-electron chi connectivity index (χ0n) is 15.1. The van der Waals surface area contributed by atoms with Crippen molar-refractivity contribution in [3.05, 3.63) is 41.4 Å². The topological polar surface area (TPSA) is 58.4 Å². The van der Waals surface area contributed by atoms with Crippen molar-refractivity contribution < 1.29 is 9.21 Å². The molecule has 2 heterocycles. The van der Waals surface area contributed by atoms with Gasteiger partial charge in [-0.25, -0.2) is 4.98 Å². The Kier molecular flexibility index (Phi) is 6.62. The summed E-state index contributed by atoms with van der Waals surface area (Å²) in [5, 5.41) is 3.76. The molecular formula is C19H24ClN3O2S. The molecule has 0 bridgehead atoms. The number of likely N-dealkylation sites (tertiary alicyclic amines) is 1. The molecule has 2 atom stereocenters. The van der Waals surface area contributed by atoms with E-state index in [1.165, 1.54) is 0 Å². The number of likely N-dealkylation sites (N-methyl/N-ethyl adjacent to an activating group) is 1. The highest BCUT2D eigenvalue weighted by Crippen LogP contribution is 2.27. The first-order chi connectivity index (χ1) is 12.6. The minimum Gasteiger partial charge on any atom is -0.440 e. The van der Waals surface area contributed by atoms with Gasteiger partial charge in [0.1, 0.15) is 0 Å². The molecule has 1 saturated heterocycles. The van der Waals surface area contributed by atoms with E-state index in [0.717, 1.165) is 31.5 Å². The van der Waals surface area contributed by atoms with Gasteiger partial charge in [-0.2, -0.15) is 0 Å². The molecule has 1 fully saturated rings. The van der Waals surface area contributed by atoms with Crippen LogP contribution < -0.4 is 5.32 Å². The van der Waals surface area contributed by atoms with Gasteiger partial charge in [-0.15, -0.1) is 11.8 Å². The van der Waals surface area contributed by atoms with Crippen LogP contribution in [0.25, 0.3) is 11.3 Å². The van der Waals surface area contributed by atoms with Gasteiger partial charge in [-0.3, -0.25) is 4.79 Å². The number of benzene rings is 1. The first kappa shape index (κ1) is 19.3. The summed E-state index contributed by atoms with van der Waals surface area (Å²) >= 11 is 7.48. The van der Waals surface area contributed by atoms with Gasteiger partial charge >= 0.3 is 0 Å². The lowest BCUT2D eigenvalue weighted by Gasteiger charge is -2.27. The lowest BCUT2D eigenvalue weighted by molar-refractivity contribution is -0.131. The first-order valence-electron chi connectivity index (χ1n) is 8.86. The fourth-order valence-corrected chi connectivity index (χ4v) is 4.13. The number of carbonyl (C=O) groups is 1. The number of rotatable bonds is 7. The lowest BCUT2D eigenvalue weighted by Crippen LogP contribution is -2.44. The largest absolute Gasteiger partial charge is 0.440 e. The third-order valence-corrected chi connectivity index (χ3v) is 5.95. The van der Waals surface area contributed by atoms with Crippen LogP contribution >= 0.6 is 23.4 Å². The average Bonchev–Trinajstić information content (AvgIpc) is 3.29. The van der Waals surface area contributed by atoms with Gasteiger partial charge in [0.05, 0.1) is 17.2 Å². The van der Waals surface area contributed by atoms with Crippen molar-refractivity contribution >= 4 is 29.3 Å². The summed E-state index contributed by atoms with van der Waals surface area (Å²) in [5.41, 5.74) is 0.939. The molecule has 2 unspecified atom stereocenters. The van der Waals surface area contributed by atoms with Gasteiger partial charge in [0.15, 0.2) is 5.76 Å². The van der Waals surface area contributed by atoms with Crippen molar-refractivity contribution in [3.8, 4) is 11.3 Å². The molecule has 1 aromatic heterocycles. The molecule has 0 radical (unpaired) electrons. The SMILES string of the molecule is CNCC1CCCN1C(=O)C(C)SCc1ncc(-c2ccc(Cl)cc2)o1. The highest BCUT2D eigenvalue weighted by Gasteiger charge is 2.31. The van der Waals surface area contributed by atoms with Gasteiger partial charge in [0, 0.05) is 29.7 Å². The van der Waals surface area contributed by atoms with E-state index in [-0.39, 0.29) is 11.2 Å². The molecule has 2 aromatic rings. The van der Waals surface area contributed by atoms with Crippen LogP contribution in [0.5, 0.6) is 0 Å². The molecule has 0 saturated carbocycles. The second-order valence-corrected chi connectivity index (χ2v) is 8.23. The maximum absolute atomic E-state index is 12.7. The number of nitrogens with one attached hydrogen (secondary N) is 1. The molecule has 7 heteroatoms. The van der Waals surface area contributed by atoms with E-state index < -0.39 is 0 Å². The predicted octanol–water partition coefficient (Wildman–Crippen LogP) is 3.83. The van der Waals surface area contributed by atoms with E-state index in [1.54, 1.807) is 18.0 Å². The minimum absolute atomic E-state index is 0.113. The third-order valence-electron chi connectivity index (χ3n) is 4.59. The third kappa shape index (κ3) is 4.61. The molecule has 5 nitrogen and oxygen atoms in total. The van der Waals surface area contributed by atoms with Gasteiger partial charge in [0.25, 0.3) is 0 Å². The molecule has 0 aliphatic carbocycles. The summed E-state index contributed by atoms with van der Waals surface area (Å²) in [4.78, 5) is 19.1.